The van der Waals surface area contributed by atoms with E-state index >= 15 is 0 Å². The fraction of sp³-hybridized carbons (Fsp3) is 0.261. The number of carbonyl (C=O) groups excluding carboxylic acids is 1. The Morgan fingerprint density at radius 1 is 1.06 bits per heavy atom. The Bertz CT molecular complexity index is 1140. The third-order valence-electron chi connectivity index (χ3n) is 5.01. The molecule has 0 fully saturated rings. The molecule has 3 aromatic rings. The molecule has 0 aliphatic carbocycles. The van der Waals surface area contributed by atoms with E-state index in [0.717, 1.165) is 12.1 Å². The molecule has 2 aromatic carbocycles. The van der Waals surface area contributed by atoms with E-state index in [4.69, 9.17) is 0 Å². The SMILES string of the molecule is CC(C)[C@@H](CC(=O)c1cc(=O)[nH]c(-c2ccccc2)n1)c1ccc(C(F)(F)F)c(F)c1. The minimum Gasteiger partial charge on any atom is -0.306 e. The number of nitrogens with zero attached hydrogens (tertiary/aromatic N) is 1. The molecular weight excluding hydrogens is 412 g/mol. The summed E-state index contributed by atoms with van der Waals surface area (Å²) >= 11 is 0. The van der Waals surface area contributed by atoms with Gasteiger partial charge in [0.2, 0.25) is 0 Å². The number of benzene rings is 2. The number of hydrogen-bond acceptors (Lipinski definition) is 3. The van der Waals surface area contributed by atoms with Crippen molar-refractivity contribution in [3.05, 3.63) is 87.6 Å². The fourth-order valence-electron chi connectivity index (χ4n) is 3.37. The second-order valence-electron chi connectivity index (χ2n) is 7.56. The highest BCUT2D eigenvalue weighted by Crippen LogP contribution is 2.35. The highest BCUT2D eigenvalue weighted by Gasteiger charge is 2.34. The van der Waals surface area contributed by atoms with Gasteiger partial charge in [0, 0.05) is 18.1 Å². The number of nitrogens with one attached hydrogen (secondary N) is 1. The molecule has 8 heteroatoms. The Balaban J connectivity index is 1.91. The smallest absolute Gasteiger partial charge is 0.306 e. The van der Waals surface area contributed by atoms with Crippen molar-refractivity contribution in [1.29, 1.82) is 0 Å². The van der Waals surface area contributed by atoms with Crippen molar-refractivity contribution in [1.82, 2.24) is 9.97 Å². The first-order valence-electron chi connectivity index (χ1n) is 9.63. The Labute approximate surface area is 176 Å². The summed E-state index contributed by atoms with van der Waals surface area (Å²) in [7, 11) is 0. The molecule has 0 saturated heterocycles. The largest absolute Gasteiger partial charge is 0.419 e. The van der Waals surface area contributed by atoms with Crippen LogP contribution >= 0.6 is 0 Å². The Morgan fingerprint density at radius 2 is 1.74 bits per heavy atom. The summed E-state index contributed by atoms with van der Waals surface area (Å²) in [5.74, 6) is -2.33. The molecular formula is C23H20F4N2O2. The lowest BCUT2D eigenvalue weighted by molar-refractivity contribution is -0.140. The molecule has 31 heavy (non-hydrogen) atoms. The third-order valence-corrected chi connectivity index (χ3v) is 5.01. The standard InChI is InChI=1S/C23H20F4N2O2/c1-13(2)16(15-8-9-17(18(24)10-15)23(25,26)27)11-20(30)19-12-21(31)29-22(28-19)14-6-4-3-5-7-14/h3-10,12-13,16H,11H2,1-2H3,(H,28,29,31)/t16-/m1/s1. The normalized spacial score (nSPS) is 12.7. The van der Waals surface area contributed by atoms with Gasteiger partial charge < -0.3 is 4.98 Å². The third kappa shape index (κ3) is 5.25. The van der Waals surface area contributed by atoms with Gasteiger partial charge in [-0.1, -0.05) is 50.2 Å². The predicted molar refractivity (Wildman–Crippen MR) is 108 cm³/mol. The van der Waals surface area contributed by atoms with Crippen molar-refractivity contribution < 1.29 is 22.4 Å². The fourth-order valence-corrected chi connectivity index (χ4v) is 3.37. The zero-order valence-electron chi connectivity index (χ0n) is 16.8. The number of rotatable bonds is 6. The van der Waals surface area contributed by atoms with Crippen molar-refractivity contribution in [3.63, 3.8) is 0 Å². The van der Waals surface area contributed by atoms with E-state index < -0.39 is 34.8 Å². The maximum Gasteiger partial charge on any atom is 0.419 e. The van der Waals surface area contributed by atoms with Crippen molar-refractivity contribution in [2.75, 3.05) is 0 Å². The molecule has 0 bridgehead atoms. The van der Waals surface area contributed by atoms with Crippen molar-refractivity contribution in [2.24, 2.45) is 5.92 Å². The first-order chi connectivity index (χ1) is 14.6. The van der Waals surface area contributed by atoms with E-state index in [2.05, 4.69) is 9.97 Å². The maximum absolute atomic E-state index is 14.1. The molecule has 1 N–H and O–H groups in total. The minimum absolute atomic E-state index is 0.0550. The molecule has 3 rings (SSSR count). The van der Waals surface area contributed by atoms with Crippen LogP contribution in [0.5, 0.6) is 0 Å². The van der Waals surface area contributed by atoms with Crippen LogP contribution in [0.4, 0.5) is 17.6 Å². The lowest BCUT2D eigenvalue weighted by Gasteiger charge is -2.21. The predicted octanol–water partition coefficient (Wildman–Crippen LogP) is 5.61. The summed E-state index contributed by atoms with van der Waals surface area (Å²) < 4.78 is 52.6. The van der Waals surface area contributed by atoms with Crippen LogP contribution in [-0.4, -0.2) is 15.8 Å². The molecule has 0 amide bonds. The molecule has 1 atom stereocenters. The first kappa shape index (κ1) is 22.4. The summed E-state index contributed by atoms with van der Waals surface area (Å²) in [6.07, 6.45) is -4.93. The van der Waals surface area contributed by atoms with Crippen LogP contribution in [0.25, 0.3) is 11.4 Å². The number of carbonyl (C=O) groups is 1. The second kappa shape index (κ2) is 8.83. The zero-order valence-corrected chi connectivity index (χ0v) is 16.8. The Kier molecular flexibility index (Phi) is 6.38. The van der Waals surface area contributed by atoms with Crippen LogP contribution in [0, 0.1) is 11.7 Å². The van der Waals surface area contributed by atoms with E-state index in [0.29, 0.717) is 11.6 Å². The first-order valence-corrected chi connectivity index (χ1v) is 9.63. The maximum atomic E-state index is 14.1. The van der Waals surface area contributed by atoms with Gasteiger partial charge in [-0.3, -0.25) is 9.59 Å². The molecule has 0 aliphatic rings. The number of hydrogen-bond donors (Lipinski definition) is 1. The quantitative estimate of drug-likeness (QED) is 0.407. The van der Waals surface area contributed by atoms with Gasteiger partial charge >= 0.3 is 6.18 Å². The molecule has 0 radical (unpaired) electrons. The van der Waals surface area contributed by atoms with Gasteiger partial charge in [-0.25, -0.2) is 9.37 Å². The van der Waals surface area contributed by atoms with Gasteiger partial charge in [0.25, 0.3) is 5.56 Å². The summed E-state index contributed by atoms with van der Waals surface area (Å²) in [6.45, 7) is 3.57. The van der Waals surface area contributed by atoms with Crippen LogP contribution in [0.15, 0.2) is 59.4 Å². The van der Waals surface area contributed by atoms with Crippen LogP contribution in [0.3, 0.4) is 0 Å². The van der Waals surface area contributed by atoms with Crippen LogP contribution in [0.1, 0.15) is 47.8 Å². The van der Waals surface area contributed by atoms with Crippen molar-refractivity contribution in [2.45, 2.75) is 32.4 Å². The summed E-state index contributed by atoms with van der Waals surface area (Å²) in [6, 6.07) is 12.6. The number of aromatic amines is 1. The van der Waals surface area contributed by atoms with Gasteiger partial charge in [-0.15, -0.1) is 0 Å². The molecule has 1 heterocycles. The van der Waals surface area contributed by atoms with Gasteiger partial charge in [0.05, 0.1) is 5.56 Å². The van der Waals surface area contributed by atoms with Crippen LogP contribution in [-0.2, 0) is 6.18 Å². The number of Topliss-reactive ketones (excluding diaryl/α,β-unsaturated/α-hetero) is 1. The Hall–Kier alpha value is -3.29. The zero-order chi connectivity index (χ0) is 22.8. The Morgan fingerprint density at radius 3 is 2.32 bits per heavy atom. The second-order valence-corrected chi connectivity index (χ2v) is 7.56. The highest BCUT2D eigenvalue weighted by atomic mass is 19.4. The van der Waals surface area contributed by atoms with E-state index in [1.807, 2.05) is 0 Å². The van der Waals surface area contributed by atoms with Crippen molar-refractivity contribution in [3.8, 4) is 11.4 Å². The monoisotopic (exact) mass is 432 g/mol. The summed E-state index contributed by atoms with van der Waals surface area (Å²) in [5, 5.41) is 0. The number of aromatic nitrogens is 2. The molecule has 0 aliphatic heterocycles. The molecule has 0 saturated carbocycles. The molecule has 162 valence electrons. The van der Waals surface area contributed by atoms with Gasteiger partial charge in [-0.2, -0.15) is 13.2 Å². The average molecular weight is 432 g/mol. The van der Waals surface area contributed by atoms with E-state index in [1.54, 1.807) is 44.2 Å². The topological polar surface area (TPSA) is 62.8 Å². The van der Waals surface area contributed by atoms with Gasteiger partial charge in [-0.05, 0) is 29.5 Å². The number of halogens is 4. The number of H-pyrrole nitrogens is 1. The summed E-state index contributed by atoms with van der Waals surface area (Å²) in [4.78, 5) is 31.8. The lowest BCUT2D eigenvalue weighted by atomic mass is 9.83. The van der Waals surface area contributed by atoms with Gasteiger partial charge in [0.1, 0.15) is 17.3 Å². The van der Waals surface area contributed by atoms with Crippen molar-refractivity contribution >= 4 is 5.78 Å². The van der Waals surface area contributed by atoms with Gasteiger partial charge in [0.15, 0.2) is 5.78 Å². The van der Waals surface area contributed by atoms with E-state index in [9.17, 15) is 27.2 Å². The van der Waals surface area contributed by atoms with E-state index in [-0.39, 0.29) is 29.4 Å². The average Bonchev–Trinajstić information content (AvgIpc) is 2.70. The number of alkyl halides is 3. The number of ketones is 1. The van der Waals surface area contributed by atoms with Crippen LogP contribution in [0.2, 0.25) is 0 Å². The van der Waals surface area contributed by atoms with Crippen LogP contribution < -0.4 is 5.56 Å². The molecule has 4 nitrogen and oxygen atoms in total. The van der Waals surface area contributed by atoms with E-state index in [1.165, 1.54) is 6.07 Å². The molecule has 1 aromatic heterocycles. The molecule has 0 spiro atoms. The minimum atomic E-state index is -4.80. The summed E-state index contributed by atoms with van der Waals surface area (Å²) in [5.41, 5.74) is -1.00. The highest BCUT2D eigenvalue weighted by molar-refractivity contribution is 5.95. The molecule has 0 unspecified atom stereocenters. The lowest BCUT2D eigenvalue weighted by Crippen LogP contribution is -2.18.